The maximum atomic E-state index is 11.4. The SMILES string of the molecule is CNC(=O)c1ccc(CNCC(O)CN2CCCC2)cc1. The van der Waals surface area contributed by atoms with Gasteiger partial charge in [0.05, 0.1) is 6.10 Å². The first-order valence-corrected chi connectivity index (χ1v) is 7.61. The Bertz CT molecular complexity index is 441. The average Bonchev–Trinajstić information content (AvgIpc) is 3.00. The lowest BCUT2D eigenvalue weighted by atomic mass is 10.1. The van der Waals surface area contributed by atoms with Crippen molar-refractivity contribution in [2.75, 3.05) is 33.2 Å². The fourth-order valence-electron chi connectivity index (χ4n) is 2.63. The summed E-state index contributed by atoms with van der Waals surface area (Å²) >= 11 is 0. The molecule has 21 heavy (non-hydrogen) atoms. The van der Waals surface area contributed by atoms with Crippen molar-refractivity contribution in [1.82, 2.24) is 15.5 Å². The summed E-state index contributed by atoms with van der Waals surface area (Å²) in [6, 6.07) is 7.50. The first-order chi connectivity index (χ1) is 10.2. The third-order valence-electron chi connectivity index (χ3n) is 3.82. The minimum atomic E-state index is -0.326. The van der Waals surface area contributed by atoms with Gasteiger partial charge in [-0.3, -0.25) is 4.79 Å². The molecule has 1 aromatic carbocycles. The molecule has 0 aliphatic carbocycles. The van der Waals surface area contributed by atoms with E-state index in [1.807, 2.05) is 24.3 Å². The van der Waals surface area contributed by atoms with Crippen LogP contribution in [0.5, 0.6) is 0 Å². The van der Waals surface area contributed by atoms with E-state index in [0.29, 0.717) is 18.7 Å². The molecule has 0 bridgehead atoms. The molecule has 5 nitrogen and oxygen atoms in total. The van der Waals surface area contributed by atoms with E-state index in [9.17, 15) is 9.90 Å². The van der Waals surface area contributed by atoms with Crippen molar-refractivity contribution in [2.45, 2.75) is 25.5 Å². The molecular weight excluding hydrogens is 266 g/mol. The van der Waals surface area contributed by atoms with Gasteiger partial charge in [-0.1, -0.05) is 12.1 Å². The quantitative estimate of drug-likeness (QED) is 0.688. The first kappa shape index (κ1) is 15.9. The van der Waals surface area contributed by atoms with Crippen LogP contribution in [0.2, 0.25) is 0 Å². The van der Waals surface area contributed by atoms with Crippen molar-refractivity contribution in [3.8, 4) is 0 Å². The second-order valence-corrected chi connectivity index (χ2v) is 5.57. The molecule has 0 spiro atoms. The van der Waals surface area contributed by atoms with Crippen molar-refractivity contribution in [1.29, 1.82) is 0 Å². The van der Waals surface area contributed by atoms with Crippen LogP contribution in [0.1, 0.15) is 28.8 Å². The Kier molecular flexibility index (Phi) is 6.17. The fraction of sp³-hybridized carbons (Fsp3) is 0.562. The molecular formula is C16H25N3O2. The summed E-state index contributed by atoms with van der Waals surface area (Å²) in [5, 5.41) is 15.8. The molecule has 1 fully saturated rings. The maximum absolute atomic E-state index is 11.4. The van der Waals surface area contributed by atoms with Gasteiger partial charge in [0.25, 0.3) is 5.91 Å². The molecule has 1 saturated heterocycles. The van der Waals surface area contributed by atoms with Crippen molar-refractivity contribution in [3.05, 3.63) is 35.4 Å². The molecule has 1 aliphatic heterocycles. The molecule has 116 valence electrons. The Labute approximate surface area is 126 Å². The van der Waals surface area contributed by atoms with Crippen LogP contribution in [0.15, 0.2) is 24.3 Å². The van der Waals surface area contributed by atoms with Gasteiger partial charge in [-0.15, -0.1) is 0 Å². The Morgan fingerprint density at radius 2 is 1.95 bits per heavy atom. The van der Waals surface area contributed by atoms with Crippen LogP contribution in [0.4, 0.5) is 0 Å². The van der Waals surface area contributed by atoms with E-state index in [4.69, 9.17) is 0 Å². The number of amides is 1. The number of hydrogen-bond acceptors (Lipinski definition) is 4. The summed E-state index contributed by atoms with van der Waals surface area (Å²) < 4.78 is 0. The Morgan fingerprint density at radius 1 is 1.29 bits per heavy atom. The van der Waals surface area contributed by atoms with Gasteiger partial charge in [0, 0.05) is 32.2 Å². The topological polar surface area (TPSA) is 64.6 Å². The average molecular weight is 291 g/mol. The third-order valence-corrected chi connectivity index (χ3v) is 3.82. The van der Waals surface area contributed by atoms with Gasteiger partial charge in [0.1, 0.15) is 0 Å². The predicted octanol–water partition coefficient (Wildman–Crippen LogP) is 0.592. The summed E-state index contributed by atoms with van der Waals surface area (Å²) in [7, 11) is 1.62. The van der Waals surface area contributed by atoms with E-state index in [1.54, 1.807) is 7.05 Å². The van der Waals surface area contributed by atoms with Gasteiger partial charge in [-0.05, 0) is 43.6 Å². The maximum Gasteiger partial charge on any atom is 0.251 e. The van der Waals surface area contributed by atoms with Crippen LogP contribution in [0, 0.1) is 0 Å². The summed E-state index contributed by atoms with van der Waals surface area (Å²) in [5.41, 5.74) is 1.77. The standard InChI is InChI=1S/C16H25N3O2/c1-17-16(21)14-6-4-13(5-7-14)10-18-11-15(20)12-19-8-2-3-9-19/h4-7,15,18,20H,2-3,8-12H2,1H3,(H,17,21). The summed E-state index contributed by atoms with van der Waals surface area (Å²) in [6.07, 6.45) is 2.17. The number of nitrogens with one attached hydrogen (secondary N) is 2. The number of carbonyl (C=O) groups is 1. The molecule has 0 radical (unpaired) electrons. The van der Waals surface area contributed by atoms with E-state index in [-0.39, 0.29) is 12.0 Å². The Morgan fingerprint density at radius 3 is 2.57 bits per heavy atom. The smallest absolute Gasteiger partial charge is 0.251 e. The van der Waals surface area contributed by atoms with Crippen LogP contribution in [-0.2, 0) is 6.54 Å². The lowest BCUT2D eigenvalue weighted by molar-refractivity contribution is 0.0963. The normalized spacial score (nSPS) is 16.9. The highest BCUT2D eigenvalue weighted by atomic mass is 16.3. The van der Waals surface area contributed by atoms with E-state index in [1.165, 1.54) is 12.8 Å². The van der Waals surface area contributed by atoms with Crippen molar-refractivity contribution < 1.29 is 9.90 Å². The second kappa shape index (κ2) is 8.12. The number of likely N-dealkylation sites (tertiary alicyclic amines) is 1. The number of benzene rings is 1. The molecule has 1 aliphatic rings. The molecule has 1 atom stereocenters. The molecule has 0 saturated carbocycles. The van der Waals surface area contributed by atoms with Gasteiger partial charge in [0.15, 0.2) is 0 Å². The van der Waals surface area contributed by atoms with Gasteiger partial charge >= 0.3 is 0 Å². The molecule has 1 aromatic rings. The highest BCUT2D eigenvalue weighted by molar-refractivity contribution is 5.93. The zero-order chi connectivity index (χ0) is 15.1. The van der Waals surface area contributed by atoms with E-state index >= 15 is 0 Å². The highest BCUT2D eigenvalue weighted by Gasteiger charge is 2.15. The molecule has 3 N–H and O–H groups in total. The molecule has 2 rings (SSSR count). The van der Waals surface area contributed by atoms with Gasteiger partial charge in [-0.2, -0.15) is 0 Å². The van der Waals surface area contributed by atoms with Crippen LogP contribution in [0.3, 0.4) is 0 Å². The number of rotatable bonds is 7. The fourth-order valence-corrected chi connectivity index (χ4v) is 2.63. The number of nitrogens with zero attached hydrogens (tertiary/aromatic N) is 1. The lowest BCUT2D eigenvalue weighted by Crippen LogP contribution is -2.36. The lowest BCUT2D eigenvalue weighted by Gasteiger charge is -2.19. The minimum Gasteiger partial charge on any atom is -0.390 e. The Hall–Kier alpha value is -1.43. The first-order valence-electron chi connectivity index (χ1n) is 7.61. The second-order valence-electron chi connectivity index (χ2n) is 5.57. The summed E-state index contributed by atoms with van der Waals surface area (Å²) in [6.45, 7) is 4.26. The molecule has 1 unspecified atom stereocenters. The van der Waals surface area contributed by atoms with E-state index in [0.717, 1.165) is 25.2 Å². The van der Waals surface area contributed by atoms with E-state index < -0.39 is 0 Å². The van der Waals surface area contributed by atoms with Gasteiger partial charge in [0.2, 0.25) is 0 Å². The van der Waals surface area contributed by atoms with E-state index in [2.05, 4.69) is 15.5 Å². The summed E-state index contributed by atoms with van der Waals surface area (Å²) in [5.74, 6) is -0.0736. The minimum absolute atomic E-state index is 0.0736. The molecule has 1 amide bonds. The zero-order valence-corrected chi connectivity index (χ0v) is 12.6. The monoisotopic (exact) mass is 291 g/mol. The largest absolute Gasteiger partial charge is 0.390 e. The number of aliphatic hydroxyl groups is 1. The number of carbonyl (C=O) groups excluding carboxylic acids is 1. The van der Waals surface area contributed by atoms with Crippen LogP contribution < -0.4 is 10.6 Å². The zero-order valence-electron chi connectivity index (χ0n) is 12.6. The summed E-state index contributed by atoms with van der Waals surface area (Å²) in [4.78, 5) is 13.7. The van der Waals surface area contributed by atoms with Crippen molar-refractivity contribution in [2.24, 2.45) is 0 Å². The van der Waals surface area contributed by atoms with Crippen LogP contribution in [-0.4, -0.2) is 55.2 Å². The highest BCUT2D eigenvalue weighted by Crippen LogP contribution is 2.08. The molecule has 0 aromatic heterocycles. The number of aliphatic hydroxyl groups excluding tert-OH is 1. The van der Waals surface area contributed by atoms with Crippen LogP contribution in [0.25, 0.3) is 0 Å². The van der Waals surface area contributed by atoms with Gasteiger partial charge < -0.3 is 20.6 Å². The van der Waals surface area contributed by atoms with Crippen molar-refractivity contribution >= 4 is 5.91 Å². The van der Waals surface area contributed by atoms with Gasteiger partial charge in [-0.25, -0.2) is 0 Å². The van der Waals surface area contributed by atoms with Crippen LogP contribution >= 0.6 is 0 Å². The molecule has 1 heterocycles. The Balaban J connectivity index is 1.69. The molecule has 5 heteroatoms. The van der Waals surface area contributed by atoms with Crippen molar-refractivity contribution in [3.63, 3.8) is 0 Å². The number of β-amino-alcohol motifs (C(OH)–C–C–N with tert-alkyl or cyclic N) is 1. The number of hydrogen-bond donors (Lipinski definition) is 3. The predicted molar refractivity (Wildman–Crippen MR) is 83.2 cm³/mol. The third kappa shape index (κ3) is 5.12.